The maximum Gasteiger partial charge on any atom is 0.315 e. The maximum absolute atomic E-state index is 11.4. The largest absolute Gasteiger partial charge is 0.336 e. The highest BCUT2D eigenvalue weighted by molar-refractivity contribution is 6.31. The van der Waals surface area contributed by atoms with E-state index in [4.69, 9.17) is 11.6 Å². The van der Waals surface area contributed by atoms with Crippen LogP contribution in [-0.4, -0.2) is 12.1 Å². The van der Waals surface area contributed by atoms with E-state index < -0.39 is 0 Å². The zero-order chi connectivity index (χ0) is 12.1. The Morgan fingerprint density at radius 1 is 1.44 bits per heavy atom. The second-order valence-electron chi connectivity index (χ2n) is 4.02. The molecule has 16 heavy (non-hydrogen) atoms. The smallest absolute Gasteiger partial charge is 0.315 e. The molecular formula is C12H17ClN2O. The van der Waals surface area contributed by atoms with Crippen molar-refractivity contribution in [3.63, 3.8) is 0 Å². The Balaban J connectivity index is 2.58. The lowest BCUT2D eigenvalue weighted by molar-refractivity contribution is 0.238. The molecule has 0 radical (unpaired) electrons. The Morgan fingerprint density at radius 3 is 2.69 bits per heavy atom. The first-order valence-corrected chi connectivity index (χ1v) is 5.67. The van der Waals surface area contributed by atoms with Gasteiger partial charge in [-0.2, -0.15) is 0 Å². The molecule has 2 amide bonds. The Morgan fingerprint density at radius 2 is 2.12 bits per heavy atom. The lowest BCUT2D eigenvalue weighted by atomic mass is 10.1. The van der Waals surface area contributed by atoms with Gasteiger partial charge in [0.05, 0.1) is 0 Å². The topological polar surface area (TPSA) is 41.1 Å². The minimum Gasteiger partial charge on any atom is -0.336 e. The predicted octanol–water partition coefficient (Wildman–Crippen LogP) is 2.86. The summed E-state index contributed by atoms with van der Waals surface area (Å²) in [6.07, 6.45) is 0. The molecule has 0 aliphatic carbocycles. The van der Waals surface area contributed by atoms with E-state index in [9.17, 15) is 4.79 Å². The fourth-order valence-corrected chi connectivity index (χ4v) is 1.66. The zero-order valence-electron chi connectivity index (χ0n) is 9.80. The van der Waals surface area contributed by atoms with Crippen LogP contribution in [0.25, 0.3) is 0 Å². The molecule has 0 bridgehead atoms. The molecule has 0 saturated heterocycles. The quantitative estimate of drug-likeness (QED) is 0.838. The van der Waals surface area contributed by atoms with Crippen molar-refractivity contribution in [2.45, 2.75) is 33.4 Å². The molecule has 0 spiro atoms. The van der Waals surface area contributed by atoms with Crippen molar-refractivity contribution < 1.29 is 4.79 Å². The molecule has 1 aromatic rings. The molecule has 1 rings (SSSR count). The van der Waals surface area contributed by atoms with Crippen LogP contribution in [0.5, 0.6) is 0 Å². The summed E-state index contributed by atoms with van der Waals surface area (Å²) in [7, 11) is 0. The van der Waals surface area contributed by atoms with Gasteiger partial charge in [0.15, 0.2) is 0 Å². The zero-order valence-corrected chi connectivity index (χ0v) is 10.6. The summed E-state index contributed by atoms with van der Waals surface area (Å²) in [6.45, 7) is 6.26. The van der Waals surface area contributed by atoms with Gasteiger partial charge < -0.3 is 10.6 Å². The van der Waals surface area contributed by atoms with Crippen molar-refractivity contribution in [3.8, 4) is 0 Å². The molecule has 0 aromatic heterocycles. The van der Waals surface area contributed by atoms with Crippen LogP contribution in [-0.2, 0) is 6.54 Å². The molecule has 0 saturated carbocycles. The van der Waals surface area contributed by atoms with Crippen molar-refractivity contribution in [2.24, 2.45) is 0 Å². The Labute approximate surface area is 101 Å². The van der Waals surface area contributed by atoms with Gasteiger partial charge in [0.25, 0.3) is 0 Å². The van der Waals surface area contributed by atoms with Crippen molar-refractivity contribution in [1.82, 2.24) is 10.6 Å². The molecule has 0 fully saturated rings. The Bertz CT molecular complexity index is 357. The van der Waals surface area contributed by atoms with E-state index >= 15 is 0 Å². The number of amides is 2. The van der Waals surface area contributed by atoms with Gasteiger partial charge in [0, 0.05) is 17.6 Å². The van der Waals surface area contributed by atoms with E-state index in [0.29, 0.717) is 11.6 Å². The molecule has 4 heteroatoms. The first-order chi connectivity index (χ1) is 7.50. The summed E-state index contributed by atoms with van der Waals surface area (Å²) < 4.78 is 0. The fourth-order valence-electron chi connectivity index (χ4n) is 1.37. The van der Waals surface area contributed by atoms with Gasteiger partial charge in [0.1, 0.15) is 0 Å². The van der Waals surface area contributed by atoms with Crippen LogP contribution in [0.2, 0.25) is 5.02 Å². The summed E-state index contributed by atoms with van der Waals surface area (Å²) in [5, 5.41) is 6.22. The van der Waals surface area contributed by atoms with E-state index in [1.807, 2.05) is 39.0 Å². The molecule has 0 atom stereocenters. The van der Waals surface area contributed by atoms with Crippen LogP contribution in [0.3, 0.4) is 0 Å². The van der Waals surface area contributed by atoms with Crippen LogP contribution < -0.4 is 10.6 Å². The summed E-state index contributed by atoms with van der Waals surface area (Å²) >= 11 is 6.05. The monoisotopic (exact) mass is 240 g/mol. The standard InChI is InChI=1S/C12H17ClN2O/c1-8(2)15-12(16)14-7-10-9(3)5-4-6-11(10)13/h4-6,8H,7H2,1-3H3,(H2,14,15,16). The number of hydrogen-bond acceptors (Lipinski definition) is 1. The van der Waals surface area contributed by atoms with Crippen molar-refractivity contribution in [3.05, 3.63) is 34.3 Å². The molecule has 3 nitrogen and oxygen atoms in total. The normalized spacial score (nSPS) is 10.3. The number of halogens is 1. The number of hydrogen-bond donors (Lipinski definition) is 2. The average Bonchev–Trinajstić information content (AvgIpc) is 2.15. The molecule has 0 aliphatic rings. The number of carbonyl (C=O) groups excluding carboxylic acids is 1. The minimum atomic E-state index is -0.172. The van der Waals surface area contributed by atoms with E-state index in [1.165, 1.54) is 0 Å². The van der Waals surface area contributed by atoms with Crippen molar-refractivity contribution in [1.29, 1.82) is 0 Å². The summed E-state index contributed by atoms with van der Waals surface area (Å²) in [4.78, 5) is 11.4. The summed E-state index contributed by atoms with van der Waals surface area (Å²) in [5.74, 6) is 0. The van der Waals surface area contributed by atoms with E-state index in [1.54, 1.807) is 0 Å². The number of carbonyl (C=O) groups is 1. The van der Waals surface area contributed by atoms with E-state index in [-0.39, 0.29) is 12.1 Å². The second kappa shape index (κ2) is 5.75. The first-order valence-electron chi connectivity index (χ1n) is 5.29. The van der Waals surface area contributed by atoms with E-state index in [0.717, 1.165) is 11.1 Å². The average molecular weight is 241 g/mol. The van der Waals surface area contributed by atoms with E-state index in [2.05, 4.69) is 10.6 Å². The Kier molecular flexibility index (Phi) is 4.62. The molecule has 0 heterocycles. The van der Waals surface area contributed by atoms with Gasteiger partial charge in [-0.05, 0) is 38.0 Å². The number of urea groups is 1. The maximum atomic E-state index is 11.4. The Hall–Kier alpha value is -1.22. The van der Waals surface area contributed by atoms with Gasteiger partial charge in [0.2, 0.25) is 0 Å². The number of rotatable bonds is 3. The summed E-state index contributed by atoms with van der Waals surface area (Å²) in [5.41, 5.74) is 2.04. The highest BCUT2D eigenvalue weighted by Crippen LogP contribution is 2.18. The van der Waals surface area contributed by atoms with Crippen molar-refractivity contribution in [2.75, 3.05) is 0 Å². The second-order valence-corrected chi connectivity index (χ2v) is 4.42. The number of nitrogens with one attached hydrogen (secondary N) is 2. The van der Waals surface area contributed by atoms with Crippen LogP contribution >= 0.6 is 11.6 Å². The van der Waals surface area contributed by atoms with Crippen LogP contribution in [0.15, 0.2) is 18.2 Å². The van der Waals surface area contributed by atoms with Gasteiger partial charge in [-0.3, -0.25) is 0 Å². The highest BCUT2D eigenvalue weighted by atomic mass is 35.5. The molecule has 0 unspecified atom stereocenters. The summed E-state index contributed by atoms with van der Waals surface area (Å²) in [6, 6.07) is 5.66. The molecule has 0 aliphatic heterocycles. The van der Waals surface area contributed by atoms with Crippen LogP contribution in [0, 0.1) is 6.92 Å². The minimum absolute atomic E-state index is 0.132. The molecule has 1 aromatic carbocycles. The molecular weight excluding hydrogens is 224 g/mol. The van der Waals surface area contributed by atoms with Crippen LogP contribution in [0.1, 0.15) is 25.0 Å². The molecule has 2 N–H and O–H groups in total. The third-order valence-corrected chi connectivity index (χ3v) is 2.55. The van der Waals surface area contributed by atoms with Crippen LogP contribution in [0.4, 0.5) is 4.79 Å². The lowest BCUT2D eigenvalue weighted by Crippen LogP contribution is -2.39. The fraction of sp³-hybridized carbons (Fsp3) is 0.417. The van der Waals surface area contributed by atoms with Gasteiger partial charge in [-0.1, -0.05) is 23.7 Å². The highest BCUT2D eigenvalue weighted by Gasteiger charge is 2.06. The number of benzene rings is 1. The van der Waals surface area contributed by atoms with Gasteiger partial charge in [-0.15, -0.1) is 0 Å². The lowest BCUT2D eigenvalue weighted by Gasteiger charge is -2.12. The first kappa shape index (κ1) is 12.8. The molecule has 88 valence electrons. The van der Waals surface area contributed by atoms with Gasteiger partial charge >= 0.3 is 6.03 Å². The third-order valence-electron chi connectivity index (χ3n) is 2.20. The van der Waals surface area contributed by atoms with Crippen molar-refractivity contribution >= 4 is 17.6 Å². The predicted molar refractivity (Wildman–Crippen MR) is 66.7 cm³/mol. The number of aryl methyl sites for hydroxylation is 1. The van der Waals surface area contributed by atoms with Gasteiger partial charge in [-0.25, -0.2) is 4.79 Å². The third kappa shape index (κ3) is 3.74. The SMILES string of the molecule is Cc1cccc(Cl)c1CNC(=O)NC(C)C.